The summed E-state index contributed by atoms with van der Waals surface area (Å²) in [6.07, 6.45) is 13.9. The number of hydrogen-bond acceptors (Lipinski definition) is 6. The van der Waals surface area contributed by atoms with Crippen molar-refractivity contribution in [3.05, 3.63) is 47.5 Å². The van der Waals surface area contributed by atoms with Crippen LogP contribution in [0.3, 0.4) is 0 Å². The first-order valence-electron chi connectivity index (χ1n) is 17.2. The highest BCUT2D eigenvalue weighted by Gasteiger charge is 2.46. The van der Waals surface area contributed by atoms with Gasteiger partial charge < -0.3 is 27.9 Å². The molecule has 1 aliphatic carbocycles. The van der Waals surface area contributed by atoms with Crippen LogP contribution in [-0.4, -0.2) is 41.1 Å². The minimum absolute atomic E-state index is 0.144. The van der Waals surface area contributed by atoms with Crippen LogP contribution in [0.2, 0.25) is 0 Å². The van der Waals surface area contributed by atoms with Gasteiger partial charge in [0.1, 0.15) is 11.5 Å². The van der Waals surface area contributed by atoms with Crippen molar-refractivity contribution in [2.24, 2.45) is 11.8 Å². The predicted molar refractivity (Wildman–Crippen MR) is 174 cm³/mol. The smallest absolute Gasteiger partial charge is 0.512 e. The summed E-state index contributed by atoms with van der Waals surface area (Å²) in [6.45, 7) is 12.0. The zero-order valence-corrected chi connectivity index (χ0v) is 27.0. The average molecular weight is 590 g/mol. The Morgan fingerprint density at radius 3 is 1.44 bits per heavy atom. The van der Waals surface area contributed by atoms with Gasteiger partial charge in [-0.05, 0) is 84.0 Å². The molecule has 0 amide bonds. The molecule has 2 heterocycles. The predicted octanol–water partition coefficient (Wildman–Crippen LogP) is 8.77. The van der Waals surface area contributed by atoms with Gasteiger partial charge in [0.05, 0.1) is 0 Å². The van der Waals surface area contributed by atoms with Crippen molar-refractivity contribution in [1.29, 1.82) is 0 Å². The van der Waals surface area contributed by atoms with Crippen molar-refractivity contribution in [2.75, 3.05) is 26.4 Å². The molecule has 8 heteroatoms. The Labute approximate surface area is 260 Å². The number of fused-ring (bicyclic) bond motifs is 3. The monoisotopic (exact) mass is 590 g/mol. The minimum atomic E-state index is -0.652. The van der Waals surface area contributed by atoms with Crippen LogP contribution in [0.5, 0.6) is 11.5 Å². The first kappa shape index (κ1) is 32.4. The molecular formula is C35H52B2O6. The highest BCUT2D eigenvalue weighted by atomic mass is 16.7. The highest BCUT2D eigenvalue weighted by molar-refractivity contribution is 6.38. The molecule has 2 atom stereocenters. The fourth-order valence-electron chi connectivity index (χ4n) is 7.29. The van der Waals surface area contributed by atoms with E-state index in [4.69, 9.17) is 27.9 Å². The highest BCUT2D eigenvalue weighted by Crippen LogP contribution is 2.57. The van der Waals surface area contributed by atoms with Crippen molar-refractivity contribution in [3.8, 4) is 22.6 Å². The zero-order valence-electron chi connectivity index (χ0n) is 27.0. The molecule has 2 saturated heterocycles. The number of unbranched alkanes of at least 4 members (excludes halogenated alkanes) is 2. The zero-order chi connectivity index (χ0) is 30.1. The lowest BCUT2D eigenvalue weighted by Crippen LogP contribution is -2.36. The summed E-state index contributed by atoms with van der Waals surface area (Å²) >= 11 is 0. The normalized spacial score (nSPS) is 19.1. The van der Waals surface area contributed by atoms with E-state index in [2.05, 4.69) is 64.1 Å². The van der Waals surface area contributed by atoms with Crippen molar-refractivity contribution in [3.63, 3.8) is 0 Å². The molecule has 43 heavy (non-hydrogen) atoms. The van der Waals surface area contributed by atoms with E-state index in [1.54, 1.807) is 0 Å². The van der Waals surface area contributed by atoms with Crippen molar-refractivity contribution >= 4 is 14.6 Å². The van der Waals surface area contributed by atoms with E-state index in [1.807, 2.05) is 0 Å². The van der Waals surface area contributed by atoms with Gasteiger partial charge in [-0.1, -0.05) is 91.2 Å². The second-order valence-corrected chi connectivity index (χ2v) is 12.7. The molecule has 2 aromatic carbocycles. The number of benzene rings is 2. The van der Waals surface area contributed by atoms with E-state index in [9.17, 15) is 0 Å². The topological polar surface area (TPSA) is 55.4 Å². The van der Waals surface area contributed by atoms with E-state index in [0.29, 0.717) is 38.3 Å². The van der Waals surface area contributed by atoms with Crippen molar-refractivity contribution < 1.29 is 27.9 Å². The van der Waals surface area contributed by atoms with Gasteiger partial charge in [-0.3, -0.25) is 0 Å². The largest absolute Gasteiger partial charge is 0.713 e. The number of rotatable bonds is 16. The van der Waals surface area contributed by atoms with Crippen LogP contribution in [0.25, 0.3) is 11.1 Å². The SMILES string of the molecule is CCCC[C@H](CC)CC1(C[C@@H](CC)CCCC)c2cc(OB3OCCCO3)ccc2-c2ccc(OB3OCCCO3)cc21. The maximum Gasteiger partial charge on any atom is 0.713 e. The van der Waals surface area contributed by atoms with Gasteiger partial charge in [0.15, 0.2) is 0 Å². The van der Waals surface area contributed by atoms with Gasteiger partial charge in [-0.15, -0.1) is 0 Å². The summed E-state index contributed by atoms with van der Waals surface area (Å²) in [6, 6.07) is 13.3. The lowest BCUT2D eigenvalue weighted by molar-refractivity contribution is 0.0879. The van der Waals surface area contributed by atoms with Gasteiger partial charge in [0, 0.05) is 31.8 Å². The third kappa shape index (κ3) is 7.81. The summed E-state index contributed by atoms with van der Waals surface area (Å²) in [5.41, 5.74) is 5.22. The summed E-state index contributed by atoms with van der Waals surface area (Å²) in [7, 11) is -1.30. The quantitative estimate of drug-likeness (QED) is 0.182. The van der Waals surface area contributed by atoms with E-state index < -0.39 is 14.6 Å². The van der Waals surface area contributed by atoms with Crippen LogP contribution in [0.1, 0.15) is 116 Å². The molecule has 2 aromatic rings. The molecular weight excluding hydrogens is 538 g/mol. The maximum atomic E-state index is 6.29. The molecule has 3 aliphatic rings. The molecule has 0 saturated carbocycles. The summed E-state index contributed by atoms with van der Waals surface area (Å²) in [4.78, 5) is 0. The molecule has 0 bridgehead atoms. The average Bonchev–Trinajstić information content (AvgIpc) is 3.30. The van der Waals surface area contributed by atoms with Gasteiger partial charge in [0.25, 0.3) is 0 Å². The molecule has 0 N–H and O–H groups in total. The van der Waals surface area contributed by atoms with E-state index in [1.165, 1.54) is 73.6 Å². The van der Waals surface area contributed by atoms with Gasteiger partial charge in [-0.25, -0.2) is 0 Å². The lowest BCUT2D eigenvalue weighted by atomic mass is 9.65. The maximum absolute atomic E-state index is 6.29. The molecule has 0 radical (unpaired) electrons. The standard InChI is InChI=1S/C35H52B2O6/c1-5-9-13-27(7-3)25-35(26-28(8-4)14-10-6-2)33-23-29(42-36-38-19-11-20-39-36)15-17-31(33)32-18-16-30(24-34(32)35)43-37-40-21-12-22-41-37/h15-18,23-24,27-28H,5-14,19-22,25-26H2,1-4H3/t27-,28-/m0/s1. The van der Waals surface area contributed by atoms with Crippen LogP contribution < -0.4 is 9.31 Å². The Balaban J connectivity index is 1.59. The Morgan fingerprint density at radius 2 is 1.07 bits per heavy atom. The minimum Gasteiger partial charge on any atom is -0.512 e. The molecule has 2 aliphatic heterocycles. The van der Waals surface area contributed by atoms with Crippen LogP contribution in [-0.2, 0) is 24.0 Å². The fourth-order valence-corrected chi connectivity index (χ4v) is 7.29. The molecule has 0 spiro atoms. The molecule has 0 unspecified atom stereocenters. The molecule has 2 fully saturated rings. The Morgan fingerprint density at radius 1 is 0.651 bits per heavy atom. The third-order valence-corrected chi connectivity index (χ3v) is 9.72. The van der Waals surface area contributed by atoms with Crippen LogP contribution in [0.15, 0.2) is 36.4 Å². The first-order valence-corrected chi connectivity index (χ1v) is 17.2. The molecule has 234 valence electrons. The summed E-state index contributed by atoms with van der Waals surface area (Å²) < 4.78 is 35.7. The Kier molecular flexibility index (Phi) is 11.9. The fraction of sp³-hybridized carbons (Fsp3) is 0.657. The van der Waals surface area contributed by atoms with Gasteiger partial charge in [0.2, 0.25) is 0 Å². The van der Waals surface area contributed by atoms with Gasteiger partial charge >= 0.3 is 14.6 Å². The van der Waals surface area contributed by atoms with E-state index >= 15 is 0 Å². The van der Waals surface area contributed by atoms with E-state index in [-0.39, 0.29) is 5.41 Å². The molecule has 5 rings (SSSR count). The Hall–Kier alpha value is -1.99. The Bertz CT molecular complexity index is 1060. The summed E-state index contributed by atoms with van der Waals surface area (Å²) in [5.74, 6) is 2.89. The first-order chi connectivity index (χ1) is 21.1. The number of hydrogen-bond donors (Lipinski definition) is 0. The third-order valence-electron chi connectivity index (χ3n) is 9.72. The van der Waals surface area contributed by atoms with Gasteiger partial charge in [-0.2, -0.15) is 0 Å². The molecule has 6 nitrogen and oxygen atoms in total. The van der Waals surface area contributed by atoms with Crippen LogP contribution in [0, 0.1) is 11.8 Å². The van der Waals surface area contributed by atoms with Crippen molar-refractivity contribution in [1.82, 2.24) is 0 Å². The molecule has 0 aromatic heterocycles. The van der Waals surface area contributed by atoms with Crippen LogP contribution >= 0.6 is 0 Å². The lowest BCUT2D eigenvalue weighted by Gasteiger charge is -2.39. The second-order valence-electron chi connectivity index (χ2n) is 12.7. The van der Waals surface area contributed by atoms with Crippen LogP contribution in [0.4, 0.5) is 0 Å². The summed E-state index contributed by atoms with van der Waals surface area (Å²) in [5, 5.41) is 0. The van der Waals surface area contributed by atoms with Crippen molar-refractivity contribution in [2.45, 2.75) is 110 Å². The second kappa shape index (κ2) is 15.8. The van der Waals surface area contributed by atoms with E-state index in [0.717, 1.165) is 37.2 Å².